The molecule has 3 heteroatoms. The predicted molar refractivity (Wildman–Crippen MR) is 59.1 cm³/mol. The second-order valence-corrected chi connectivity index (χ2v) is 4.10. The molecule has 78 valence electrons. The van der Waals surface area contributed by atoms with Crippen molar-refractivity contribution in [2.24, 2.45) is 5.92 Å². The van der Waals surface area contributed by atoms with Crippen LogP contribution < -0.4 is 0 Å². The molecule has 0 aliphatic carbocycles. The minimum Gasteiger partial charge on any atom is -0.297 e. The van der Waals surface area contributed by atoms with Crippen LogP contribution in [0.25, 0.3) is 5.65 Å². The maximum absolute atomic E-state index is 11.9. The lowest BCUT2D eigenvalue weighted by Gasteiger charge is -2.04. The van der Waals surface area contributed by atoms with Gasteiger partial charge in [-0.05, 0) is 18.6 Å². The number of ketones is 1. The average Bonchev–Trinajstić information content (AvgIpc) is 2.59. The summed E-state index contributed by atoms with van der Waals surface area (Å²) in [6, 6.07) is 3.92. The van der Waals surface area contributed by atoms with Gasteiger partial charge in [-0.15, -0.1) is 0 Å². The first-order valence-electron chi connectivity index (χ1n) is 5.07. The minimum absolute atomic E-state index is 0.00501. The number of pyridine rings is 1. The minimum atomic E-state index is 0.00501. The highest BCUT2D eigenvalue weighted by atomic mass is 16.1. The first-order chi connectivity index (χ1) is 7.09. The van der Waals surface area contributed by atoms with Gasteiger partial charge in [0.2, 0.25) is 0 Å². The van der Waals surface area contributed by atoms with Crippen molar-refractivity contribution in [2.75, 3.05) is 0 Å². The van der Waals surface area contributed by atoms with Crippen molar-refractivity contribution in [2.45, 2.75) is 20.8 Å². The molecule has 0 N–H and O–H groups in total. The summed E-state index contributed by atoms with van der Waals surface area (Å²) < 4.78 is 1.86. The lowest BCUT2D eigenvalue weighted by Crippen LogP contribution is -2.10. The van der Waals surface area contributed by atoms with Crippen molar-refractivity contribution in [3.05, 3.63) is 35.8 Å². The van der Waals surface area contributed by atoms with E-state index >= 15 is 0 Å². The van der Waals surface area contributed by atoms with Crippen molar-refractivity contribution in [3.8, 4) is 0 Å². The summed E-state index contributed by atoms with van der Waals surface area (Å²) in [6.07, 6.45) is 3.59. The number of hydrogen-bond acceptors (Lipinski definition) is 2. The van der Waals surface area contributed by atoms with E-state index in [2.05, 4.69) is 4.98 Å². The lowest BCUT2D eigenvalue weighted by molar-refractivity contribution is 0.0933. The third-order valence-corrected chi connectivity index (χ3v) is 2.43. The quantitative estimate of drug-likeness (QED) is 0.701. The number of aryl methyl sites for hydroxylation is 1. The van der Waals surface area contributed by atoms with Crippen molar-refractivity contribution >= 4 is 11.4 Å². The maximum atomic E-state index is 11.9. The van der Waals surface area contributed by atoms with E-state index in [1.54, 1.807) is 6.20 Å². The van der Waals surface area contributed by atoms with Gasteiger partial charge in [0.25, 0.3) is 0 Å². The van der Waals surface area contributed by atoms with E-state index in [9.17, 15) is 4.79 Å². The van der Waals surface area contributed by atoms with Crippen LogP contribution in [0.2, 0.25) is 0 Å². The Morgan fingerprint density at radius 1 is 1.40 bits per heavy atom. The van der Waals surface area contributed by atoms with Gasteiger partial charge < -0.3 is 0 Å². The molecule has 15 heavy (non-hydrogen) atoms. The second-order valence-electron chi connectivity index (χ2n) is 4.10. The molecule has 2 aromatic heterocycles. The summed E-state index contributed by atoms with van der Waals surface area (Å²) in [7, 11) is 0. The fraction of sp³-hybridized carbons (Fsp3) is 0.333. The van der Waals surface area contributed by atoms with Crippen molar-refractivity contribution in [1.29, 1.82) is 0 Å². The van der Waals surface area contributed by atoms with E-state index in [0.29, 0.717) is 5.69 Å². The second kappa shape index (κ2) is 3.50. The van der Waals surface area contributed by atoms with Gasteiger partial charge in [-0.2, -0.15) is 0 Å². The van der Waals surface area contributed by atoms with E-state index in [0.717, 1.165) is 11.2 Å². The number of fused-ring (bicyclic) bond motifs is 1. The van der Waals surface area contributed by atoms with Gasteiger partial charge in [-0.1, -0.05) is 19.9 Å². The molecule has 3 nitrogen and oxygen atoms in total. The monoisotopic (exact) mass is 202 g/mol. The van der Waals surface area contributed by atoms with Gasteiger partial charge in [0.05, 0.1) is 6.20 Å². The molecular weight excluding hydrogens is 188 g/mol. The molecule has 0 fully saturated rings. The number of nitrogens with zero attached hydrogens (tertiary/aromatic N) is 2. The van der Waals surface area contributed by atoms with E-state index in [-0.39, 0.29) is 11.7 Å². The molecule has 0 aliphatic rings. The smallest absolute Gasteiger partial charge is 0.183 e. The Hall–Kier alpha value is -1.64. The molecule has 2 heterocycles. The topological polar surface area (TPSA) is 34.4 Å². The number of Topliss-reactive ketones (excluding diaryl/α,β-unsaturated/α-hetero) is 1. The molecule has 2 aromatic rings. The Labute approximate surface area is 88.8 Å². The summed E-state index contributed by atoms with van der Waals surface area (Å²) in [4.78, 5) is 16.1. The van der Waals surface area contributed by atoms with Crippen LogP contribution in [0.4, 0.5) is 0 Å². The number of hydrogen-bond donors (Lipinski definition) is 0. The van der Waals surface area contributed by atoms with Gasteiger partial charge in [-0.25, -0.2) is 4.98 Å². The summed E-state index contributed by atoms with van der Waals surface area (Å²) in [6.45, 7) is 5.80. The van der Waals surface area contributed by atoms with Gasteiger partial charge >= 0.3 is 0 Å². The third-order valence-electron chi connectivity index (χ3n) is 2.43. The summed E-state index contributed by atoms with van der Waals surface area (Å²) in [5, 5.41) is 0. The van der Waals surface area contributed by atoms with Gasteiger partial charge in [0, 0.05) is 12.1 Å². The molecule has 0 saturated heterocycles. The van der Waals surface area contributed by atoms with Crippen LogP contribution in [-0.4, -0.2) is 15.2 Å². The Morgan fingerprint density at radius 2 is 2.13 bits per heavy atom. The molecular formula is C12H14N2O. The first-order valence-corrected chi connectivity index (χ1v) is 5.07. The normalized spacial score (nSPS) is 11.2. The van der Waals surface area contributed by atoms with Gasteiger partial charge in [0.1, 0.15) is 11.3 Å². The molecule has 0 spiro atoms. The fourth-order valence-electron chi connectivity index (χ4n) is 1.56. The fourth-order valence-corrected chi connectivity index (χ4v) is 1.56. The largest absolute Gasteiger partial charge is 0.297 e. The summed E-state index contributed by atoms with van der Waals surface area (Å²) in [5.41, 5.74) is 2.62. The first kappa shape index (κ1) is 9.90. The van der Waals surface area contributed by atoms with E-state index in [1.165, 1.54) is 0 Å². The van der Waals surface area contributed by atoms with Crippen LogP contribution >= 0.6 is 0 Å². The van der Waals surface area contributed by atoms with Crippen molar-refractivity contribution < 1.29 is 4.79 Å². The molecule has 0 aliphatic heterocycles. The SMILES string of the molecule is Cc1ccc2ncc(C(=O)C(C)C)n2c1. The summed E-state index contributed by atoms with van der Waals surface area (Å²) >= 11 is 0. The maximum Gasteiger partial charge on any atom is 0.183 e. The van der Waals surface area contributed by atoms with Crippen molar-refractivity contribution in [1.82, 2.24) is 9.38 Å². The van der Waals surface area contributed by atoms with Crippen LogP contribution in [0.15, 0.2) is 24.5 Å². The molecule has 0 aromatic carbocycles. The van der Waals surface area contributed by atoms with Gasteiger partial charge in [-0.3, -0.25) is 9.20 Å². The highest BCUT2D eigenvalue weighted by Crippen LogP contribution is 2.12. The molecule has 0 radical (unpaired) electrons. The van der Waals surface area contributed by atoms with Crippen molar-refractivity contribution in [3.63, 3.8) is 0 Å². The molecule has 2 rings (SSSR count). The Morgan fingerprint density at radius 3 is 2.80 bits per heavy atom. The number of carbonyl (C=O) groups is 1. The molecule has 0 unspecified atom stereocenters. The molecule has 0 saturated carbocycles. The van der Waals surface area contributed by atoms with E-state index in [1.807, 2.05) is 43.5 Å². The highest BCUT2D eigenvalue weighted by molar-refractivity contribution is 5.96. The zero-order valence-corrected chi connectivity index (χ0v) is 9.19. The standard InChI is InChI=1S/C12H14N2O/c1-8(2)12(15)10-6-13-11-5-4-9(3)7-14(10)11/h4-8H,1-3H3. The average molecular weight is 202 g/mol. The zero-order valence-electron chi connectivity index (χ0n) is 9.19. The van der Waals surface area contributed by atoms with E-state index in [4.69, 9.17) is 0 Å². The predicted octanol–water partition coefficient (Wildman–Crippen LogP) is 2.48. The van der Waals surface area contributed by atoms with Crippen LogP contribution in [0.3, 0.4) is 0 Å². The highest BCUT2D eigenvalue weighted by Gasteiger charge is 2.14. The number of imidazole rings is 1. The summed E-state index contributed by atoms with van der Waals surface area (Å²) in [5.74, 6) is 0.138. The Bertz CT molecular complexity index is 511. The number of carbonyl (C=O) groups excluding carboxylic acids is 1. The Kier molecular flexibility index (Phi) is 2.31. The van der Waals surface area contributed by atoms with Crippen LogP contribution in [0, 0.1) is 12.8 Å². The van der Waals surface area contributed by atoms with Gasteiger partial charge in [0.15, 0.2) is 5.78 Å². The third kappa shape index (κ3) is 1.65. The van der Waals surface area contributed by atoms with Crippen LogP contribution in [0.1, 0.15) is 29.9 Å². The van der Waals surface area contributed by atoms with E-state index < -0.39 is 0 Å². The molecule has 0 atom stereocenters. The lowest BCUT2D eigenvalue weighted by atomic mass is 10.1. The number of aromatic nitrogens is 2. The Balaban J connectivity index is 2.62. The van der Waals surface area contributed by atoms with Crippen LogP contribution in [0.5, 0.6) is 0 Å². The number of rotatable bonds is 2. The van der Waals surface area contributed by atoms with Crippen LogP contribution in [-0.2, 0) is 0 Å². The zero-order chi connectivity index (χ0) is 11.0. The molecule has 0 amide bonds. The molecule has 0 bridgehead atoms.